The molecule has 0 unspecified atom stereocenters. The smallest absolute Gasteiger partial charge is 0.165 e. The maximum absolute atomic E-state index is 13.8. The number of ether oxygens (including phenoxy) is 1. The molecule has 0 bridgehead atoms. The molecule has 3 nitrogen and oxygen atoms in total. The fraction of sp³-hybridized carbons (Fsp3) is 0.600. The highest BCUT2D eigenvalue weighted by Gasteiger charge is 2.22. The molecule has 0 radical (unpaired) electrons. The first kappa shape index (κ1) is 15.9. The van der Waals surface area contributed by atoms with Gasteiger partial charge in [-0.2, -0.15) is 0 Å². The molecule has 4 heteroatoms. The second kappa shape index (κ2) is 6.87. The lowest BCUT2D eigenvalue weighted by molar-refractivity contribution is 0.147. The van der Waals surface area contributed by atoms with E-state index in [2.05, 4.69) is 24.1 Å². The van der Waals surface area contributed by atoms with Crippen LogP contribution in [0.3, 0.4) is 0 Å². The zero-order chi connectivity index (χ0) is 14.5. The molecule has 0 aliphatic heterocycles. The highest BCUT2D eigenvalue weighted by molar-refractivity contribution is 5.29. The predicted molar refractivity (Wildman–Crippen MR) is 77.0 cm³/mol. The Hall–Kier alpha value is -1.13. The molecule has 0 aliphatic rings. The van der Waals surface area contributed by atoms with Crippen LogP contribution in [0, 0.1) is 5.82 Å². The van der Waals surface area contributed by atoms with Crippen molar-refractivity contribution in [3.05, 3.63) is 29.6 Å². The quantitative estimate of drug-likeness (QED) is 0.823. The number of benzene rings is 1. The van der Waals surface area contributed by atoms with Gasteiger partial charge in [-0.05, 0) is 52.6 Å². The molecule has 0 aliphatic carbocycles. The Morgan fingerprint density at radius 2 is 2.05 bits per heavy atom. The Balaban J connectivity index is 2.74. The third kappa shape index (κ3) is 4.48. The SMILES string of the molecule is CCOc1ccc(CN(C)C(C)(C)CNC)cc1F. The van der Waals surface area contributed by atoms with Crippen LogP contribution in [-0.4, -0.2) is 37.7 Å². The molecular weight excluding hydrogens is 243 g/mol. The molecule has 19 heavy (non-hydrogen) atoms. The van der Waals surface area contributed by atoms with Gasteiger partial charge in [-0.3, -0.25) is 4.90 Å². The Kier molecular flexibility index (Phi) is 5.76. The van der Waals surface area contributed by atoms with Crippen LogP contribution in [0.15, 0.2) is 18.2 Å². The maximum Gasteiger partial charge on any atom is 0.165 e. The first-order valence-electron chi connectivity index (χ1n) is 6.67. The molecule has 0 fully saturated rings. The molecule has 1 N–H and O–H groups in total. The predicted octanol–water partition coefficient (Wildman–Crippen LogP) is 2.65. The average molecular weight is 268 g/mol. The summed E-state index contributed by atoms with van der Waals surface area (Å²) in [4.78, 5) is 2.21. The van der Waals surface area contributed by atoms with Gasteiger partial charge in [0.25, 0.3) is 0 Å². The van der Waals surface area contributed by atoms with Crippen LogP contribution >= 0.6 is 0 Å². The van der Waals surface area contributed by atoms with E-state index < -0.39 is 0 Å². The number of rotatable bonds is 7. The molecular formula is C15H25FN2O. The lowest BCUT2D eigenvalue weighted by atomic mass is 10.0. The standard InChI is InChI=1S/C15H25FN2O/c1-6-19-14-8-7-12(9-13(14)16)10-18(5)15(2,3)11-17-4/h7-9,17H,6,10-11H2,1-5H3. The first-order chi connectivity index (χ1) is 8.90. The number of nitrogens with one attached hydrogen (secondary N) is 1. The largest absolute Gasteiger partial charge is 0.491 e. The highest BCUT2D eigenvalue weighted by Crippen LogP contribution is 2.21. The fourth-order valence-electron chi connectivity index (χ4n) is 1.97. The number of halogens is 1. The third-order valence-electron chi connectivity index (χ3n) is 3.36. The molecule has 0 saturated carbocycles. The fourth-order valence-corrected chi connectivity index (χ4v) is 1.97. The summed E-state index contributed by atoms with van der Waals surface area (Å²) in [7, 11) is 3.98. The van der Waals surface area contributed by atoms with Gasteiger partial charge >= 0.3 is 0 Å². The van der Waals surface area contributed by atoms with E-state index in [-0.39, 0.29) is 11.4 Å². The van der Waals surface area contributed by atoms with E-state index in [1.807, 2.05) is 27.1 Å². The summed E-state index contributed by atoms with van der Waals surface area (Å²) in [5.41, 5.74) is 0.969. The summed E-state index contributed by atoms with van der Waals surface area (Å²) in [6, 6.07) is 5.17. The van der Waals surface area contributed by atoms with Gasteiger partial charge in [0.2, 0.25) is 0 Å². The van der Waals surface area contributed by atoms with Crippen molar-refractivity contribution in [3.8, 4) is 5.75 Å². The molecule has 1 aromatic rings. The normalized spacial score (nSPS) is 11.9. The van der Waals surface area contributed by atoms with Crippen LogP contribution in [0.25, 0.3) is 0 Å². The molecule has 0 spiro atoms. The minimum absolute atomic E-state index is 0.0177. The third-order valence-corrected chi connectivity index (χ3v) is 3.36. The van der Waals surface area contributed by atoms with E-state index in [0.717, 1.165) is 12.1 Å². The zero-order valence-electron chi connectivity index (χ0n) is 12.6. The lowest BCUT2D eigenvalue weighted by Gasteiger charge is -2.35. The van der Waals surface area contributed by atoms with Gasteiger partial charge < -0.3 is 10.1 Å². The molecule has 0 amide bonds. The van der Waals surface area contributed by atoms with Gasteiger partial charge in [0.1, 0.15) is 0 Å². The van der Waals surface area contributed by atoms with Crippen molar-refractivity contribution >= 4 is 0 Å². The van der Waals surface area contributed by atoms with Crippen molar-refractivity contribution in [2.45, 2.75) is 32.9 Å². The Bertz CT molecular complexity index is 407. The van der Waals surface area contributed by atoms with Crippen molar-refractivity contribution in [3.63, 3.8) is 0 Å². The maximum atomic E-state index is 13.8. The number of hydrogen-bond acceptors (Lipinski definition) is 3. The summed E-state index contributed by atoms with van der Waals surface area (Å²) >= 11 is 0. The second-order valence-electron chi connectivity index (χ2n) is 5.40. The van der Waals surface area contributed by atoms with E-state index in [4.69, 9.17) is 4.74 Å². The molecule has 0 aromatic heterocycles. The molecule has 0 saturated heterocycles. The van der Waals surface area contributed by atoms with Crippen LogP contribution < -0.4 is 10.1 Å². The van der Waals surface area contributed by atoms with E-state index in [9.17, 15) is 4.39 Å². The summed E-state index contributed by atoms with van der Waals surface area (Å²) in [5.74, 6) is 0.0301. The Labute approximate surface area is 115 Å². The van der Waals surface area contributed by atoms with E-state index in [1.54, 1.807) is 12.1 Å². The summed E-state index contributed by atoms with van der Waals surface area (Å²) in [5, 5.41) is 3.18. The molecule has 1 aromatic carbocycles. The molecule has 1 rings (SSSR count). The van der Waals surface area contributed by atoms with Crippen LogP contribution in [0.1, 0.15) is 26.3 Å². The van der Waals surface area contributed by atoms with Crippen molar-refractivity contribution in [2.24, 2.45) is 0 Å². The highest BCUT2D eigenvalue weighted by atomic mass is 19.1. The van der Waals surface area contributed by atoms with E-state index in [1.165, 1.54) is 0 Å². The number of likely N-dealkylation sites (N-methyl/N-ethyl adjacent to an activating group) is 2. The van der Waals surface area contributed by atoms with Gasteiger partial charge in [0, 0.05) is 18.6 Å². The first-order valence-corrected chi connectivity index (χ1v) is 6.67. The summed E-state index contributed by atoms with van der Waals surface area (Å²) in [6.45, 7) is 8.23. The topological polar surface area (TPSA) is 24.5 Å². The number of hydrogen-bond donors (Lipinski definition) is 1. The average Bonchev–Trinajstić information content (AvgIpc) is 2.32. The van der Waals surface area contributed by atoms with Crippen LogP contribution in [0.4, 0.5) is 4.39 Å². The number of nitrogens with zero attached hydrogens (tertiary/aromatic N) is 1. The van der Waals surface area contributed by atoms with Crippen molar-refractivity contribution in [2.75, 3.05) is 27.2 Å². The van der Waals surface area contributed by atoms with Gasteiger partial charge in [-0.1, -0.05) is 6.07 Å². The van der Waals surface area contributed by atoms with Crippen molar-refractivity contribution in [1.82, 2.24) is 10.2 Å². The van der Waals surface area contributed by atoms with Gasteiger partial charge in [-0.25, -0.2) is 4.39 Å². The van der Waals surface area contributed by atoms with Crippen LogP contribution in [0.2, 0.25) is 0 Å². The summed E-state index contributed by atoms with van der Waals surface area (Å²) in [6.07, 6.45) is 0. The Morgan fingerprint density at radius 1 is 1.37 bits per heavy atom. The monoisotopic (exact) mass is 268 g/mol. The minimum Gasteiger partial charge on any atom is -0.491 e. The molecule has 0 atom stereocenters. The molecule has 0 heterocycles. The van der Waals surface area contributed by atoms with Crippen molar-refractivity contribution < 1.29 is 9.13 Å². The lowest BCUT2D eigenvalue weighted by Crippen LogP contribution is -2.47. The zero-order valence-corrected chi connectivity index (χ0v) is 12.6. The van der Waals surface area contributed by atoms with Crippen LogP contribution in [-0.2, 0) is 6.54 Å². The van der Waals surface area contributed by atoms with Crippen molar-refractivity contribution in [1.29, 1.82) is 0 Å². The van der Waals surface area contributed by atoms with Gasteiger partial charge in [0.05, 0.1) is 6.61 Å². The van der Waals surface area contributed by atoms with E-state index in [0.29, 0.717) is 18.9 Å². The van der Waals surface area contributed by atoms with E-state index >= 15 is 0 Å². The summed E-state index contributed by atoms with van der Waals surface area (Å²) < 4.78 is 19.0. The second-order valence-corrected chi connectivity index (χ2v) is 5.40. The van der Waals surface area contributed by atoms with Gasteiger partial charge in [0.15, 0.2) is 11.6 Å². The Morgan fingerprint density at radius 3 is 2.58 bits per heavy atom. The minimum atomic E-state index is -0.292. The van der Waals surface area contributed by atoms with Crippen LogP contribution in [0.5, 0.6) is 5.75 Å². The molecule has 108 valence electrons. The van der Waals surface area contributed by atoms with Gasteiger partial charge in [-0.15, -0.1) is 0 Å².